The van der Waals surface area contributed by atoms with Crippen LogP contribution in [0.4, 0.5) is 5.69 Å². The number of fused-ring (bicyclic) bond motifs is 1. The van der Waals surface area contributed by atoms with Gasteiger partial charge >= 0.3 is 0 Å². The predicted molar refractivity (Wildman–Crippen MR) is 101 cm³/mol. The lowest BCUT2D eigenvalue weighted by atomic mass is 10.00. The van der Waals surface area contributed by atoms with Crippen LogP contribution in [-0.2, 0) is 11.3 Å². The average molecular weight is 378 g/mol. The number of furan rings is 1. The first-order valence-corrected chi connectivity index (χ1v) is 9.56. The molecule has 0 amide bonds. The van der Waals surface area contributed by atoms with Crippen LogP contribution < -0.4 is 11.1 Å². The topological polar surface area (TPSA) is 73.3 Å². The number of pyridine rings is 1. The van der Waals surface area contributed by atoms with Crippen molar-refractivity contribution in [3.8, 4) is 0 Å². The maximum Gasteiger partial charge on any atom is 0.131 e. The summed E-state index contributed by atoms with van der Waals surface area (Å²) < 4.78 is 12.4. The van der Waals surface area contributed by atoms with Gasteiger partial charge in [0.2, 0.25) is 0 Å². The number of hydrogen-bond donors (Lipinski definition) is 2. The zero-order valence-corrected chi connectivity index (χ0v) is 15.5. The van der Waals surface area contributed by atoms with Crippen LogP contribution in [0.2, 0.25) is 5.15 Å². The van der Waals surface area contributed by atoms with Crippen LogP contribution in [-0.4, -0.2) is 17.6 Å². The molecule has 7 heteroatoms. The molecule has 3 aromatic rings. The Labute approximate surface area is 155 Å². The van der Waals surface area contributed by atoms with Crippen molar-refractivity contribution < 1.29 is 9.15 Å². The van der Waals surface area contributed by atoms with Gasteiger partial charge in [-0.15, -0.1) is 11.3 Å². The maximum atomic E-state index is 6.30. The summed E-state index contributed by atoms with van der Waals surface area (Å²) in [4.78, 5) is 5.69. The van der Waals surface area contributed by atoms with Crippen LogP contribution in [0.5, 0.6) is 0 Å². The standard InChI is InChI=1S/C18H20ClN3O2S/c1-10-15-18(25-17(10)16-12(20)5-3-7-24-16)13(8-14(19)22-15)21-9-11-4-2-6-23-11/h2,4,6,8,12,16H,3,5,7,9,20H2,1H3,(H,21,22)/t12-,16-/m1/s1. The van der Waals surface area contributed by atoms with Crippen molar-refractivity contribution in [3.05, 3.63) is 45.8 Å². The molecular weight excluding hydrogens is 358 g/mol. The smallest absolute Gasteiger partial charge is 0.131 e. The monoisotopic (exact) mass is 377 g/mol. The fraction of sp³-hybridized carbons (Fsp3) is 0.389. The Hall–Kier alpha value is -1.60. The minimum atomic E-state index is -0.0651. The molecule has 1 saturated heterocycles. The number of nitrogens with zero attached hydrogens (tertiary/aromatic N) is 1. The van der Waals surface area contributed by atoms with Crippen molar-refractivity contribution in [2.75, 3.05) is 11.9 Å². The van der Waals surface area contributed by atoms with Crippen molar-refractivity contribution in [3.63, 3.8) is 0 Å². The van der Waals surface area contributed by atoms with Gasteiger partial charge in [0.1, 0.15) is 17.0 Å². The summed E-state index contributed by atoms with van der Waals surface area (Å²) in [6.07, 6.45) is 3.60. The molecule has 2 atom stereocenters. The lowest BCUT2D eigenvalue weighted by Gasteiger charge is -2.28. The van der Waals surface area contributed by atoms with Crippen molar-refractivity contribution in [1.82, 2.24) is 4.98 Å². The number of anilines is 1. The Bertz CT molecular complexity index is 878. The minimum absolute atomic E-state index is 0.0236. The van der Waals surface area contributed by atoms with Gasteiger partial charge in [-0.25, -0.2) is 4.98 Å². The first kappa shape index (κ1) is 16.8. The highest BCUT2D eigenvalue weighted by molar-refractivity contribution is 7.20. The lowest BCUT2D eigenvalue weighted by Crippen LogP contribution is -2.34. The van der Waals surface area contributed by atoms with Crippen LogP contribution in [0.3, 0.4) is 0 Å². The second-order valence-electron chi connectivity index (χ2n) is 6.29. The Kier molecular flexibility index (Phi) is 4.69. The summed E-state index contributed by atoms with van der Waals surface area (Å²) in [6.45, 7) is 3.41. The molecule has 132 valence electrons. The second kappa shape index (κ2) is 6.96. The Balaban J connectivity index is 1.72. The van der Waals surface area contributed by atoms with E-state index in [1.54, 1.807) is 17.6 Å². The first-order chi connectivity index (χ1) is 12.1. The van der Waals surface area contributed by atoms with Gasteiger partial charge in [-0.05, 0) is 37.5 Å². The zero-order valence-electron chi connectivity index (χ0n) is 13.9. The minimum Gasteiger partial charge on any atom is -0.467 e. The largest absolute Gasteiger partial charge is 0.467 e. The number of ether oxygens (including phenoxy) is 1. The summed E-state index contributed by atoms with van der Waals surface area (Å²) in [7, 11) is 0. The third-order valence-electron chi connectivity index (χ3n) is 4.54. The fourth-order valence-corrected chi connectivity index (χ4v) is 4.79. The summed E-state index contributed by atoms with van der Waals surface area (Å²) in [5.41, 5.74) is 9.27. The average Bonchev–Trinajstić information content (AvgIpc) is 3.22. The summed E-state index contributed by atoms with van der Waals surface area (Å²) in [5.74, 6) is 0.868. The van der Waals surface area contributed by atoms with Gasteiger partial charge in [0.25, 0.3) is 0 Å². The van der Waals surface area contributed by atoms with Crippen molar-refractivity contribution in [2.45, 2.75) is 38.5 Å². The molecule has 0 radical (unpaired) electrons. The normalized spacial score (nSPS) is 20.9. The Morgan fingerprint density at radius 3 is 3.12 bits per heavy atom. The van der Waals surface area contributed by atoms with Crippen LogP contribution >= 0.6 is 22.9 Å². The van der Waals surface area contributed by atoms with E-state index in [0.717, 1.165) is 51.6 Å². The SMILES string of the molecule is Cc1c([C@@H]2OCCC[C@H]2N)sc2c(NCc3ccco3)cc(Cl)nc12. The molecule has 0 unspecified atom stereocenters. The van der Waals surface area contributed by atoms with Gasteiger partial charge < -0.3 is 20.2 Å². The second-order valence-corrected chi connectivity index (χ2v) is 7.73. The molecule has 5 nitrogen and oxygen atoms in total. The highest BCUT2D eigenvalue weighted by atomic mass is 35.5. The molecule has 1 fully saturated rings. The summed E-state index contributed by atoms with van der Waals surface area (Å²) in [6, 6.07) is 5.69. The number of aromatic nitrogens is 1. The van der Waals surface area contributed by atoms with Gasteiger partial charge in [-0.2, -0.15) is 0 Å². The quantitative estimate of drug-likeness (QED) is 0.648. The van der Waals surface area contributed by atoms with Crippen LogP contribution in [0.25, 0.3) is 10.2 Å². The molecule has 25 heavy (non-hydrogen) atoms. The summed E-state index contributed by atoms with van der Waals surface area (Å²) >= 11 is 7.94. The number of rotatable bonds is 4. The number of thiophene rings is 1. The third kappa shape index (κ3) is 3.27. The molecule has 4 rings (SSSR count). The first-order valence-electron chi connectivity index (χ1n) is 8.36. The van der Waals surface area contributed by atoms with E-state index in [2.05, 4.69) is 17.2 Å². The molecule has 0 aliphatic carbocycles. The van der Waals surface area contributed by atoms with Gasteiger partial charge in [-0.1, -0.05) is 11.6 Å². The molecular formula is C18H20ClN3O2S. The number of aryl methyl sites for hydroxylation is 1. The van der Waals surface area contributed by atoms with Crippen LogP contribution in [0.15, 0.2) is 28.9 Å². The fourth-order valence-electron chi connectivity index (χ4n) is 3.24. The molecule has 1 aliphatic rings. The van der Waals surface area contributed by atoms with E-state index in [-0.39, 0.29) is 12.1 Å². The van der Waals surface area contributed by atoms with Crippen molar-refractivity contribution in [2.24, 2.45) is 5.73 Å². The van der Waals surface area contributed by atoms with Gasteiger partial charge in [-0.3, -0.25) is 0 Å². The molecule has 0 bridgehead atoms. The maximum absolute atomic E-state index is 6.30. The van der Waals surface area contributed by atoms with E-state index < -0.39 is 0 Å². The Morgan fingerprint density at radius 1 is 1.48 bits per heavy atom. The zero-order chi connectivity index (χ0) is 17.4. The molecule has 4 heterocycles. The highest BCUT2D eigenvalue weighted by Gasteiger charge is 2.29. The van der Waals surface area contributed by atoms with E-state index in [9.17, 15) is 0 Å². The molecule has 0 aromatic carbocycles. The van der Waals surface area contributed by atoms with Crippen LogP contribution in [0, 0.1) is 6.92 Å². The van der Waals surface area contributed by atoms with E-state index >= 15 is 0 Å². The van der Waals surface area contributed by atoms with Gasteiger partial charge in [0.15, 0.2) is 0 Å². The van der Waals surface area contributed by atoms with E-state index in [1.807, 2.05) is 18.2 Å². The molecule has 0 saturated carbocycles. The van der Waals surface area contributed by atoms with Gasteiger partial charge in [0.05, 0.1) is 28.7 Å². The van der Waals surface area contributed by atoms with E-state index in [4.69, 9.17) is 26.5 Å². The van der Waals surface area contributed by atoms with Gasteiger partial charge in [0, 0.05) is 23.6 Å². The van der Waals surface area contributed by atoms with Crippen molar-refractivity contribution >= 4 is 38.8 Å². The molecule has 3 N–H and O–H groups in total. The number of hydrogen-bond acceptors (Lipinski definition) is 6. The van der Waals surface area contributed by atoms with Crippen LogP contribution in [0.1, 0.15) is 35.1 Å². The Morgan fingerprint density at radius 2 is 2.36 bits per heavy atom. The predicted octanol–water partition coefficient (Wildman–Crippen LogP) is 4.64. The van der Waals surface area contributed by atoms with E-state index in [0.29, 0.717) is 11.7 Å². The number of nitrogens with one attached hydrogen (secondary N) is 1. The number of nitrogens with two attached hydrogens (primary N) is 1. The van der Waals surface area contributed by atoms with Crippen molar-refractivity contribution in [1.29, 1.82) is 0 Å². The lowest BCUT2D eigenvalue weighted by molar-refractivity contribution is 0.00207. The molecule has 0 spiro atoms. The molecule has 3 aromatic heterocycles. The molecule has 1 aliphatic heterocycles. The third-order valence-corrected chi connectivity index (χ3v) is 6.11. The number of halogens is 1. The highest BCUT2D eigenvalue weighted by Crippen LogP contribution is 2.42. The summed E-state index contributed by atoms with van der Waals surface area (Å²) in [5, 5.41) is 3.87. The van der Waals surface area contributed by atoms with E-state index in [1.165, 1.54) is 0 Å².